The van der Waals surface area contributed by atoms with Crippen LogP contribution in [-0.4, -0.2) is 36.8 Å². The zero-order valence-electron chi connectivity index (χ0n) is 10.6. The first-order valence-corrected chi connectivity index (χ1v) is 7.94. The molecule has 0 amide bonds. The summed E-state index contributed by atoms with van der Waals surface area (Å²) in [5.41, 5.74) is 0. The lowest BCUT2D eigenvalue weighted by atomic mass is 9.92. The zero-order valence-corrected chi connectivity index (χ0v) is 11.4. The van der Waals surface area contributed by atoms with Gasteiger partial charge in [-0.1, -0.05) is 6.42 Å². The van der Waals surface area contributed by atoms with E-state index in [9.17, 15) is 0 Å². The summed E-state index contributed by atoms with van der Waals surface area (Å²) in [6.07, 6.45) is 12.1. The Balaban J connectivity index is 1.79. The summed E-state index contributed by atoms with van der Waals surface area (Å²) in [6, 6.07) is 1.46. The first-order chi connectivity index (χ1) is 7.83. The number of rotatable bonds is 4. The second kappa shape index (κ2) is 6.27. The fourth-order valence-electron chi connectivity index (χ4n) is 3.21. The van der Waals surface area contributed by atoms with Crippen LogP contribution < -0.4 is 5.32 Å². The molecule has 0 heterocycles. The molecule has 0 spiro atoms. The molecule has 0 bridgehead atoms. The topological polar surface area (TPSA) is 21.3 Å². The molecule has 0 aromatic carbocycles. The second-order valence-corrected chi connectivity index (χ2v) is 6.28. The van der Waals surface area contributed by atoms with E-state index in [-0.39, 0.29) is 0 Å². The molecule has 4 unspecified atom stereocenters. The van der Waals surface area contributed by atoms with Crippen molar-refractivity contribution < 1.29 is 4.74 Å². The molecule has 2 fully saturated rings. The fourth-order valence-corrected chi connectivity index (χ4v) is 4.16. The average Bonchev–Trinajstić information content (AvgIpc) is 2.76. The first-order valence-electron chi connectivity index (χ1n) is 6.65. The van der Waals surface area contributed by atoms with Crippen LogP contribution in [0.3, 0.4) is 0 Å². The molecular weight excluding hydrogens is 218 g/mol. The summed E-state index contributed by atoms with van der Waals surface area (Å²) in [5.74, 6) is 0. The van der Waals surface area contributed by atoms with Crippen molar-refractivity contribution in [2.75, 3.05) is 13.4 Å². The van der Waals surface area contributed by atoms with Crippen LogP contribution in [0.1, 0.15) is 44.9 Å². The highest BCUT2D eigenvalue weighted by molar-refractivity contribution is 7.99. The molecule has 0 saturated heterocycles. The Hall–Kier alpha value is 0.270. The van der Waals surface area contributed by atoms with E-state index < -0.39 is 0 Å². The van der Waals surface area contributed by atoms with Crippen LogP contribution >= 0.6 is 11.8 Å². The Morgan fingerprint density at radius 1 is 1.12 bits per heavy atom. The van der Waals surface area contributed by atoms with Gasteiger partial charge in [-0.3, -0.25) is 0 Å². The Kier molecular flexibility index (Phi) is 4.98. The molecule has 1 N–H and O–H groups in total. The quantitative estimate of drug-likeness (QED) is 0.820. The number of nitrogens with one attached hydrogen (secondary N) is 1. The van der Waals surface area contributed by atoms with E-state index in [1.807, 2.05) is 18.9 Å². The Morgan fingerprint density at radius 2 is 1.94 bits per heavy atom. The molecule has 0 aromatic heterocycles. The van der Waals surface area contributed by atoms with Crippen molar-refractivity contribution in [3.8, 4) is 0 Å². The van der Waals surface area contributed by atoms with Crippen LogP contribution in [0, 0.1) is 0 Å². The van der Waals surface area contributed by atoms with Crippen molar-refractivity contribution in [3.63, 3.8) is 0 Å². The number of hydrogen-bond donors (Lipinski definition) is 1. The highest BCUT2D eigenvalue weighted by atomic mass is 32.2. The van der Waals surface area contributed by atoms with Gasteiger partial charge in [-0.05, 0) is 44.8 Å². The summed E-state index contributed by atoms with van der Waals surface area (Å²) in [7, 11) is 1.85. The maximum Gasteiger partial charge on any atom is 0.0586 e. The van der Waals surface area contributed by atoms with Gasteiger partial charge in [0.2, 0.25) is 0 Å². The molecule has 0 aliphatic heterocycles. The Bertz CT molecular complexity index is 212. The van der Waals surface area contributed by atoms with Gasteiger partial charge >= 0.3 is 0 Å². The minimum absolute atomic E-state index is 0.500. The summed E-state index contributed by atoms with van der Waals surface area (Å²) < 4.78 is 5.49. The predicted molar refractivity (Wildman–Crippen MR) is 71.1 cm³/mol. The molecule has 2 aliphatic rings. The summed E-state index contributed by atoms with van der Waals surface area (Å²) in [4.78, 5) is 0. The smallest absolute Gasteiger partial charge is 0.0586 e. The molecule has 0 radical (unpaired) electrons. The van der Waals surface area contributed by atoms with Crippen molar-refractivity contribution >= 4 is 11.8 Å². The van der Waals surface area contributed by atoms with Gasteiger partial charge in [0.15, 0.2) is 0 Å². The van der Waals surface area contributed by atoms with E-state index >= 15 is 0 Å². The molecule has 0 aromatic rings. The lowest BCUT2D eigenvalue weighted by molar-refractivity contribution is 0.0571. The largest absolute Gasteiger partial charge is 0.381 e. The van der Waals surface area contributed by atoms with Crippen molar-refractivity contribution in [2.24, 2.45) is 0 Å². The maximum absolute atomic E-state index is 5.49. The zero-order chi connectivity index (χ0) is 11.4. The van der Waals surface area contributed by atoms with Crippen molar-refractivity contribution in [1.29, 1.82) is 0 Å². The second-order valence-electron chi connectivity index (χ2n) is 5.20. The fraction of sp³-hybridized carbons (Fsp3) is 1.00. The lowest BCUT2D eigenvalue weighted by Crippen LogP contribution is -2.44. The molecule has 16 heavy (non-hydrogen) atoms. The van der Waals surface area contributed by atoms with Crippen LogP contribution in [0.25, 0.3) is 0 Å². The molecular formula is C13H25NOS. The van der Waals surface area contributed by atoms with Crippen molar-refractivity contribution in [3.05, 3.63) is 0 Å². The minimum Gasteiger partial charge on any atom is -0.381 e. The van der Waals surface area contributed by atoms with E-state index in [1.54, 1.807) is 0 Å². The number of ether oxygens (including phenoxy) is 1. The Morgan fingerprint density at radius 3 is 2.69 bits per heavy atom. The molecule has 2 aliphatic carbocycles. The monoisotopic (exact) mass is 243 g/mol. The van der Waals surface area contributed by atoms with E-state index in [0.29, 0.717) is 12.1 Å². The van der Waals surface area contributed by atoms with Gasteiger partial charge in [0.1, 0.15) is 0 Å². The molecule has 4 atom stereocenters. The maximum atomic E-state index is 5.49. The van der Waals surface area contributed by atoms with E-state index in [4.69, 9.17) is 4.74 Å². The highest BCUT2D eigenvalue weighted by Crippen LogP contribution is 2.30. The van der Waals surface area contributed by atoms with Gasteiger partial charge in [-0.2, -0.15) is 11.8 Å². The third-order valence-electron chi connectivity index (χ3n) is 4.16. The van der Waals surface area contributed by atoms with Crippen LogP contribution in [0.2, 0.25) is 0 Å². The SMILES string of the molecule is COC1CCCC(NC2CCCC2SC)C1. The molecule has 2 rings (SSSR count). The minimum atomic E-state index is 0.500. The van der Waals surface area contributed by atoms with Gasteiger partial charge in [0.05, 0.1) is 6.10 Å². The van der Waals surface area contributed by atoms with Crippen LogP contribution in [0.4, 0.5) is 0 Å². The Labute approximate surface area is 104 Å². The van der Waals surface area contributed by atoms with Crippen molar-refractivity contribution in [2.45, 2.75) is 68.4 Å². The van der Waals surface area contributed by atoms with Gasteiger partial charge in [0, 0.05) is 24.4 Å². The molecule has 94 valence electrons. The van der Waals surface area contributed by atoms with E-state index in [1.165, 1.54) is 44.9 Å². The average molecular weight is 243 g/mol. The predicted octanol–water partition coefficient (Wildman–Crippen LogP) is 2.82. The normalized spacial score (nSPS) is 40.1. The molecule has 2 nitrogen and oxygen atoms in total. The summed E-state index contributed by atoms with van der Waals surface area (Å²) >= 11 is 2.04. The van der Waals surface area contributed by atoms with Crippen LogP contribution in [0.15, 0.2) is 0 Å². The summed E-state index contributed by atoms with van der Waals surface area (Å²) in [5, 5.41) is 4.73. The standard InChI is InChI=1S/C13H25NOS/c1-15-11-6-3-5-10(9-11)14-12-7-4-8-13(12)16-2/h10-14H,3-9H2,1-2H3. The van der Waals surface area contributed by atoms with Gasteiger partial charge in [-0.15, -0.1) is 0 Å². The highest BCUT2D eigenvalue weighted by Gasteiger charge is 2.30. The van der Waals surface area contributed by atoms with Crippen molar-refractivity contribution in [1.82, 2.24) is 5.32 Å². The number of hydrogen-bond acceptors (Lipinski definition) is 3. The van der Waals surface area contributed by atoms with E-state index in [0.717, 1.165) is 11.3 Å². The third-order valence-corrected chi connectivity index (χ3v) is 5.33. The van der Waals surface area contributed by atoms with Gasteiger partial charge in [-0.25, -0.2) is 0 Å². The summed E-state index contributed by atoms with van der Waals surface area (Å²) in [6.45, 7) is 0. The van der Waals surface area contributed by atoms with E-state index in [2.05, 4.69) is 11.6 Å². The van der Waals surface area contributed by atoms with Crippen LogP contribution in [0.5, 0.6) is 0 Å². The third kappa shape index (κ3) is 3.14. The van der Waals surface area contributed by atoms with Gasteiger partial charge < -0.3 is 10.1 Å². The first kappa shape index (κ1) is 12.7. The molecule has 2 saturated carbocycles. The van der Waals surface area contributed by atoms with Crippen LogP contribution in [-0.2, 0) is 4.74 Å². The molecule has 3 heteroatoms. The number of thioether (sulfide) groups is 1. The number of methoxy groups -OCH3 is 1. The van der Waals surface area contributed by atoms with Gasteiger partial charge in [0.25, 0.3) is 0 Å². The lowest BCUT2D eigenvalue weighted by Gasteiger charge is -2.32.